The Morgan fingerprint density at radius 3 is 2.65 bits per heavy atom. The van der Waals surface area contributed by atoms with E-state index in [1.807, 2.05) is 0 Å². The Kier molecular flexibility index (Phi) is 5.91. The molecule has 8 nitrogen and oxygen atoms in total. The molecule has 0 spiro atoms. The molecule has 0 aliphatic carbocycles. The van der Waals surface area contributed by atoms with Gasteiger partial charge in [-0.05, 0) is 18.2 Å². The molecular formula is C11H12ClN3O5. The minimum Gasteiger partial charge on any atom is -0.478 e. The third-order valence-corrected chi connectivity index (χ3v) is 2.37. The number of benzene rings is 1. The lowest BCUT2D eigenvalue weighted by atomic mass is 10.2. The smallest absolute Gasteiger partial charge is 0.335 e. The number of anilines is 1. The number of hydrogen-bond acceptors (Lipinski definition) is 5. The van der Waals surface area contributed by atoms with Crippen LogP contribution >= 0.6 is 11.6 Å². The number of nitrogens with two attached hydrogens (primary N) is 1. The van der Waals surface area contributed by atoms with Gasteiger partial charge in [0.15, 0.2) is 0 Å². The van der Waals surface area contributed by atoms with Gasteiger partial charge in [0.25, 0.3) is 0 Å². The number of aromatic carboxylic acids is 1. The van der Waals surface area contributed by atoms with Crippen LogP contribution in [-0.2, 0) is 14.4 Å². The van der Waals surface area contributed by atoms with Crippen molar-refractivity contribution in [2.45, 2.75) is 0 Å². The zero-order valence-electron chi connectivity index (χ0n) is 10.2. The number of nitrogens with one attached hydrogen (secondary N) is 2. The topological polar surface area (TPSA) is 131 Å². The molecule has 0 saturated carbocycles. The highest BCUT2D eigenvalue weighted by Gasteiger charge is 2.10. The lowest BCUT2D eigenvalue weighted by Crippen LogP contribution is -2.31. The van der Waals surface area contributed by atoms with Crippen LogP contribution in [0.4, 0.5) is 5.69 Å². The number of carbonyl (C=O) groups excluding carboxylic acids is 2. The highest BCUT2D eigenvalue weighted by Crippen LogP contribution is 2.22. The van der Waals surface area contributed by atoms with Crippen LogP contribution in [-0.4, -0.2) is 36.0 Å². The predicted molar refractivity (Wildman–Crippen MR) is 70.2 cm³/mol. The normalized spacial score (nSPS) is 10.1. The summed E-state index contributed by atoms with van der Waals surface area (Å²) < 4.78 is 0. The molecule has 1 aromatic rings. The lowest BCUT2D eigenvalue weighted by Gasteiger charge is -2.08. The van der Waals surface area contributed by atoms with Crippen LogP contribution in [0.1, 0.15) is 10.4 Å². The summed E-state index contributed by atoms with van der Waals surface area (Å²) in [6, 6.07) is 3.90. The molecule has 0 saturated heterocycles. The quantitative estimate of drug-likeness (QED) is 0.413. The second kappa shape index (κ2) is 7.43. The molecule has 0 bridgehead atoms. The number of primary amides is 1. The van der Waals surface area contributed by atoms with E-state index < -0.39 is 17.8 Å². The Morgan fingerprint density at radius 1 is 1.35 bits per heavy atom. The van der Waals surface area contributed by atoms with Gasteiger partial charge in [-0.25, -0.2) is 4.79 Å². The van der Waals surface area contributed by atoms with Gasteiger partial charge in [-0.3, -0.25) is 14.4 Å². The first-order chi connectivity index (χ1) is 9.40. The third kappa shape index (κ3) is 5.22. The maximum Gasteiger partial charge on any atom is 0.335 e. The zero-order chi connectivity index (χ0) is 15.1. The first kappa shape index (κ1) is 15.9. The molecular weight excluding hydrogens is 290 g/mol. The molecule has 0 aliphatic rings. The van der Waals surface area contributed by atoms with Gasteiger partial charge in [-0.15, -0.1) is 0 Å². The maximum atomic E-state index is 11.5. The standard InChI is InChI=1S/C11H12ClN3O5/c12-7-2-1-6(11(18)19)3-8(7)15-10(17)4-14-20-5-9(13)16/h1-3,14H,4-5H2,(H2,13,16)(H,15,17)(H,18,19). The van der Waals surface area contributed by atoms with Crippen LogP contribution < -0.4 is 16.5 Å². The molecule has 0 radical (unpaired) electrons. The van der Waals surface area contributed by atoms with Gasteiger partial charge < -0.3 is 16.2 Å². The van der Waals surface area contributed by atoms with Gasteiger partial charge in [0.1, 0.15) is 13.2 Å². The minimum absolute atomic E-state index is 0.0114. The van der Waals surface area contributed by atoms with Gasteiger partial charge in [0, 0.05) is 0 Å². The molecule has 0 fully saturated rings. The number of carboxylic acid groups (broad SMARTS) is 1. The molecule has 1 aromatic carbocycles. The van der Waals surface area contributed by atoms with Crippen molar-refractivity contribution in [3.05, 3.63) is 28.8 Å². The summed E-state index contributed by atoms with van der Waals surface area (Å²) in [4.78, 5) is 37.3. The summed E-state index contributed by atoms with van der Waals surface area (Å²) in [5.74, 6) is -2.35. The highest BCUT2D eigenvalue weighted by atomic mass is 35.5. The van der Waals surface area contributed by atoms with Gasteiger partial charge in [-0.2, -0.15) is 5.48 Å². The molecule has 9 heteroatoms. The number of amides is 2. The van der Waals surface area contributed by atoms with Crippen molar-refractivity contribution in [2.24, 2.45) is 5.73 Å². The monoisotopic (exact) mass is 301 g/mol. The van der Waals surface area contributed by atoms with E-state index in [0.717, 1.165) is 0 Å². The largest absolute Gasteiger partial charge is 0.478 e. The molecule has 0 aliphatic heterocycles. The van der Waals surface area contributed by atoms with E-state index in [4.69, 9.17) is 22.4 Å². The van der Waals surface area contributed by atoms with Gasteiger partial charge in [0.05, 0.1) is 16.3 Å². The summed E-state index contributed by atoms with van der Waals surface area (Å²) in [6.07, 6.45) is 0. The fourth-order valence-corrected chi connectivity index (χ4v) is 1.35. The van der Waals surface area contributed by atoms with Crippen LogP contribution in [0.25, 0.3) is 0 Å². The van der Waals surface area contributed by atoms with Crippen LogP contribution in [0, 0.1) is 0 Å². The van der Waals surface area contributed by atoms with Crippen LogP contribution in [0.5, 0.6) is 0 Å². The molecule has 5 N–H and O–H groups in total. The van der Waals surface area contributed by atoms with E-state index >= 15 is 0 Å². The Labute approximate surface area is 118 Å². The Balaban J connectivity index is 2.55. The molecule has 0 aromatic heterocycles. The number of carbonyl (C=O) groups is 3. The van der Waals surface area contributed by atoms with E-state index in [1.54, 1.807) is 0 Å². The highest BCUT2D eigenvalue weighted by molar-refractivity contribution is 6.33. The van der Waals surface area contributed by atoms with Crippen molar-refractivity contribution in [2.75, 3.05) is 18.5 Å². The number of carboxylic acids is 1. The van der Waals surface area contributed by atoms with E-state index in [1.165, 1.54) is 18.2 Å². The summed E-state index contributed by atoms with van der Waals surface area (Å²) >= 11 is 5.83. The van der Waals surface area contributed by atoms with Crippen molar-refractivity contribution in [3.63, 3.8) is 0 Å². The summed E-state index contributed by atoms with van der Waals surface area (Å²) in [5.41, 5.74) is 7.19. The SMILES string of the molecule is NC(=O)CONCC(=O)Nc1cc(C(=O)O)ccc1Cl. The molecule has 20 heavy (non-hydrogen) atoms. The second-order valence-electron chi connectivity index (χ2n) is 3.62. The summed E-state index contributed by atoms with van der Waals surface area (Å²) in [7, 11) is 0. The second-order valence-corrected chi connectivity index (χ2v) is 4.03. The average molecular weight is 302 g/mol. The molecule has 108 valence electrons. The average Bonchev–Trinajstić information content (AvgIpc) is 2.37. The zero-order valence-corrected chi connectivity index (χ0v) is 10.9. The van der Waals surface area contributed by atoms with Crippen molar-refractivity contribution >= 4 is 35.1 Å². The minimum atomic E-state index is -1.14. The number of hydroxylamine groups is 1. The Morgan fingerprint density at radius 2 is 2.05 bits per heavy atom. The third-order valence-electron chi connectivity index (χ3n) is 2.04. The molecule has 2 amide bonds. The summed E-state index contributed by atoms with van der Waals surface area (Å²) in [6.45, 7) is -0.635. The molecule has 1 rings (SSSR count). The van der Waals surface area contributed by atoms with Crippen LogP contribution in [0.15, 0.2) is 18.2 Å². The number of hydrogen-bond donors (Lipinski definition) is 4. The first-order valence-electron chi connectivity index (χ1n) is 5.36. The fraction of sp³-hybridized carbons (Fsp3) is 0.182. The van der Waals surface area contributed by atoms with Crippen molar-refractivity contribution < 1.29 is 24.3 Å². The first-order valence-corrected chi connectivity index (χ1v) is 5.73. The van der Waals surface area contributed by atoms with E-state index in [2.05, 4.69) is 15.6 Å². The Bertz CT molecular complexity index is 535. The van der Waals surface area contributed by atoms with E-state index in [0.29, 0.717) is 0 Å². The number of rotatable bonds is 7. The summed E-state index contributed by atoms with van der Waals surface area (Å²) in [5, 5.41) is 11.4. The maximum absolute atomic E-state index is 11.5. The fourth-order valence-electron chi connectivity index (χ4n) is 1.19. The van der Waals surface area contributed by atoms with Crippen LogP contribution in [0.3, 0.4) is 0 Å². The van der Waals surface area contributed by atoms with Gasteiger partial charge >= 0.3 is 5.97 Å². The van der Waals surface area contributed by atoms with Gasteiger partial charge in [-0.1, -0.05) is 11.6 Å². The molecule has 0 unspecified atom stereocenters. The van der Waals surface area contributed by atoms with Crippen molar-refractivity contribution in [1.29, 1.82) is 0 Å². The van der Waals surface area contributed by atoms with Crippen LogP contribution in [0.2, 0.25) is 5.02 Å². The van der Waals surface area contributed by atoms with Crippen molar-refractivity contribution in [3.8, 4) is 0 Å². The van der Waals surface area contributed by atoms with Crippen molar-refractivity contribution in [1.82, 2.24) is 5.48 Å². The van der Waals surface area contributed by atoms with Gasteiger partial charge in [0.2, 0.25) is 11.8 Å². The predicted octanol–water partition coefficient (Wildman–Crippen LogP) is -0.0168. The molecule has 0 atom stereocenters. The Hall–Kier alpha value is -2.16. The number of halogens is 1. The van der Waals surface area contributed by atoms with E-state index in [9.17, 15) is 14.4 Å². The lowest BCUT2D eigenvalue weighted by molar-refractivity contribution is -0.127. The van der Waals surface area contributed by atoms with E-state index in [-0.39, 0.29) is 29.4 Å². The molecule has 0 heterocycles.